The number of fused-ring (bicyclic) bond motifs is 3. The van der Waals surface area contributed by atoms with Crippen LogP contribution in [0.4, 0.5) is 10.1 Å². The first kappa shape index (κ1) is 19.7. The fourth-order valence-corrected chi connectivity index (χ4v) is 5.33. The summed E-state index contributed by atoms with van der Waals surface area (Å²) in [6, 6.07) is 20.4. The van der Waals surface area contributed by atoms with Gasteiger partial charge in [-0.15, -0.1) is 0 Å². The molecule has 1 aliphatic carbocycles. The van der Waals surface area contributed by atoms with E-state index in [2.05, 4.69) is 0 Å². The molecule has 0 saturated carbocycles. The van der Waals surface area contributed by atoms with Gasteiger partial charge in [-0.05, 0) is 17.7 Å². The zero-order valence-corrected chi connectivity index (χ0v) is 17.1. The molecule has 0 radical (unpaired) electrons. The number of hydrogen-bond acceptors (Lipinski definition) is 5. The van der Waals surface area contributed by atoms with Crippen LogP contribution in [0.2, 0.25) is 0 Å². The number of carbonyl (C=O) groups excluding carboxylic acids is 4. The van der Waals surface area contributed by atoms with Crippen LogP contribution in [0, 0.1) is 17.7 Å². The fraction of sp³-hybridized carbons (Fsp3) is 0.154. The van der Waals surface area contributed by atoms with E-state index in [0.717, 1.165) is 11.0 Å². The van der Waals surface area contributed by atoms with Crippen LogP contribution in [0.3, 0.4) is 0 Å². The Bertz CT molecular complexity index is 1330. The lowest BCUT2D eigenvalue weighted by molar-refractivity contribution is -0.127. The van der Waals surface area contributed by atoms with Crippen LogP contribution >= 0.6 is 0 Å². The first-order chi connectivity index (χ1) is 16.0. The first-order valence-electron chi connectivity index (χ1n) is 10.5. The molecule has 33 heavy (non-hydrogen) atoms. The largest absolute Gasteiger partial charge is 0.349 e. The molecule has 2 amide bonds. The average molecular weight is 441 g/mol. The number of amides is 2. The molecule has 6 nitrogen and oxygen atoms in total. The Kier molecular flexibility index (Phi) is 4.04. The summed E-state index contributed by atoms with van der Waals surface area (Å²) in [6.07, 6.45) is -1.02. The van der Waals surface area contributed by atoms with Crippen molar-refractivity contribution in [2.24, 2.45) is 11.8 Å². The zero-order valence-electron chi connectivity index (χ0n) is 17.1. The van der Waals surface area contributed by atoms with E-state index in [1.807, 2.05) is 0 Å². The number of halogens is 1. The molecule has 7 heteroatoms. The molecule has 3 atom stereocenters. The summed E-state index contributed by atoms with van der Waals surface area (Å²) in [6.45, 7) is 0. The third-order valence-electron chi connectivity index (χ3n) is 6.74. The van der Waals surface area contributed by atoms with E-state index in [1.54, 1.807) is 42.5 Å². The van der Waals surface area contributed by atoms with Crippen molar-refractivity contribution >= 4 is 29.1 Å². The van der Waals surface area contributed by atoms with Gasteiger partial charge in [-0.25, -0.2) is 9.29 Å². The third kappa shape index (κ3) is 2.40. The number of para-hydroxylation sites is 1. The Labute approximate surface area is 187 Å². The van der Waals surface area contributed by atoms with Crippen molar-refractivity contribution < 1.29 is 28.3 Å². The van der Waals surface area contributed by atoms with E-state index in [1.165, 1.54) is 30.3 Å². The summed E-state index contributed by atoms with van der Waals surface area (Å²) in [5, 5.41) is 0. The van der Waals surface area contributed by atoms with Crippen molar-refractivity contribution in [2.75, 3.05) is 4.90 Å². The number of benzene rings is 3. The lowest BCUT2D eigenvalue weighted by Gasteiger charge is -2.27. The van der Waals surface area contributed by atoms with Gasteiger partial charge in [0, 0.05) is 11.1 Å². The van der Waals surface area contributed by atoms with Gasteiger partial charge in [0.05, 0.1) is 23.6 Å². The van der Waals surface area contributed by atoms with E-state index < -0.39 is 52.7 Å². The second-order valence-corrected chi connectivity index (χ2v) is 8.36. The molecule has 162 valence electrons. The SMILES string of the molecule is O=C1[C@@H]2[C@@H](c3ccccc3)OC3(C(=O)c4ccccc4C3=O)[C@H]2C(=O)N1c1ccccc1F. The summed E-state index contributed by atoms with van der Waals surface area (Å²) in [5.74, 6) is -6.11. The highest BCUT2D eigenvalue weighted by Gasteiger charge is 2.74. The molecule has 6 rings (SSSR count). The Morgan fingerprint density at radius 1 is 0.727 bits per heavy atom. The van der Waals surface area contributed by atoms with E-state index >= 15 is 0 Å². The molecule has 0 bridgehead atoms. The summed E-state index contributed by atoms with van der Waals surface area (Å²) in [5.41, 5.74) is -1.52. The van der Waals surface area contributed by atoms with E-state index in [9.17, 15) is 23.6 Å². The lowest BCUT2D eigenvalue weighted by Crippen LogP contribution is -2.51. The zero-order chi connectivity index (χ0) is 22.9. The van der Waals surface area contributed by atoms with Gasteiger partial charge in [0.15, 0.2) is 0 Å². The molecule has 3 aliphatic rings. The number of rotatable bonds is 2. The number of carbonyl (C=O) groups is 4. The Balaban J connectivity index is 1.57. The van der Waals surface area contributed by atoms with Crippen molar-refractivity contribution in [1.29, 1.82) is 0 Å². The van der Waals surface area contributed by atoms with Gasteiger partial charge in [-0.2, -0.15) is 0 Å². The van der Waals surface area contributed by atoms with E-state index in [4.69, 9.17) is 4.74 Å². The van der Waals surface area contributed by atoms with Crippen molar-refractivity contribution in [3.05, 3.63) is 101 Å². The normalized spacial score (nSPS) is 25.1. The number of anilines is 1. The van der Waals surface area contributed by atoms with Crippen LogP contribution in [-0.4, -0.2) is 29.0 Å². The minimum atomic E-state index is -2.17. The predicted molar refractivity (Wildman–Crippen MR) is 114 cm³/mol. The number of Topliss-reactive ketones (excluding diaryl/α,β-unsaturated/α-hetero) is 2. The highest BCUT2D eigenvalue weighted by atomic mass is 19.1. The van der Waals surface area contributed by atoms with Crippen LogP contribution in [0.25, 0.3) is 0 Å². The predicted octanol–water partition coefficient (Wildman–Crippen LogP) is 3.52. The maximum atomic E-state index is 14.6. The maximum Gasteiger partial charge on any atom is 0.241 e. The molecule has 0 aromatic heterocycles. The third-order valence-corrected chi connectivity index (χ3v) is 6.74. The number of imide groups is 1. The van der Waals surface area contributed by atoms with Crippen molar-refractivity contribution in [3.8, 4) is 0 Å². The number of hydrogen-bond donors (Lipinski definition) is 0. The quantitative estimate of drug-likeness (QED) is 0.449. The number of ketones is 2. The van der Waals surface area contributed by atoms with Crippen LogP contribution < -0.4 is 4.90 Å². The van der Waals surface area contributed by atoms with Crippen molar-refractivity contribution in [3.63, 3.8) is 0 Å². The molecule has 0 unspecified atom stereocenters. The standard InChI is InChI=1S/C26H16FNO5/c27-17-12-6-7-13-18(17)28-24(31)19-20(25(28)32)26(33-21(19)14-8-2-1-3-9-14)22(29)15-10-4-5-11-16(15)23(26)30/h1-13,19-21H/t19-,20+,21+/m0/s1. The Morgan fingerprint density at radius 3 is 1.94 bits per heavy atom. The summed E-state index contributed by atoms with van der Waals surface area (Å²) < 4.78 is 20.8. The van der Waals surface area contributed by atoms with Gasteiger partial charge in [0.2, 0.25) is 29.0 Å². The smallest absolute Gasteiger partial charge is 0.241 e. The van der Waals surface area contributed by atoms with Crippen LogP contribution in [0.15, 0.2) is 78.9 Å². The lowest BCUT2D eigenvalue weighted by atomic mass is 9.77. The molecular weight excluding hydrogens is 425 g/mol. The van der Waals surface area contributed by atoms with Gasteiger partial charge in [0.25, 0.3) is 0 Å². The van der Waals surface area contributed by atoms with Gasteiger partial charge in [0.1, 0.15) is 5.82 Å². The summed E-state index contributed by atoms with van der Waals surface area (Å²) in [7, 11) is 0. The van der Waals surface area contributed by atoms with Crippen molar-refractivity contribution in [2.45, 2.75) is 11.7 Å². The van der Waals surface area contributed by atoms with Crippen molar-refractivity contribution in [1.82, 2.24) is 0 Å². The minimum absolute atomic E-state index is 0.152. The molecule has 2 aliphatic heterocycles. The summed E-state index contributed by atoms with van der Waals surface area (Å²) in [4.78, 5) is 55.3. The Hall–Kier alpha value is -3.97. The number of ether oxygens (including phenoxy) is 1. The average Bonchev–Trinajstić information content (AvgIpc) is 3.40. The summed E-state index contributed by atoms with van der Waals surface area (Å²) >= 11 is 0. The molecule has 2 saturated heterocycles. The number of nitrogens with zero attached hydrogens (tertiary/aromatic N) is 1. The van der Waals surface area contributed by atoms with E-state index in [0.29, 0.717) is 5.56 Å². The van der Waals surface area contributed by atoms with Gasteiger partial charge in [-0.3, -0.25) is 19.2 Å². The van der Waals surface area contributed by atoms with Gasteiger partial charge >= 0.3 is 0 Å². The second-order valence-electron chi connectivity index (χ2n) is 8.36. The molecule has 3 aromatic carbocycles. The minimum Gasteiger partial charge on any atom is -0.349 e. The highest BCUT2D eigenvalue weighted by Crippen LogP contribution is 2.57. The van der Waals surface area contributed by atoms with Crippen LogP contribution in [0.5, 0.6) is 0 Å². The van der Waals surface area contributed by atoms with Crippen LogP contribution in [-0.2, 0) is 14.3 Å². The molecule has 3 aromatic rings. The Morgan fingerprint density at radius 2 is 1.30 bits per heavy atom. The molecule has 1 spiro atoms. The fourth-order valence-electron chi connectivity index (χ4n) is 5.33. The highest BCUT2D eigenvalue weighted by molar-refractivity contribution is 6.37. The molecular formula is C26H16FNO5. The first-order valence-corrected chi connectivity index (χ1v) is 10.5. The second kappa shape index (κ2) is 6.76. The van der Waals surface area contributed by atoms with Gasteiger partial charge < -0.3 is 4.74 Å². The topological polar surface area (TPSA) is 80.8 Å². The van der Waals surface area contributed by atoms with E-state index in [-0.39, 0.29) is 16.8 Å². The molecule has 2 fully saturated rings. The van der Waals surface area contributed by atoms with Gasteiger partial charge in [-0.1, -0.05) is 66.7 Å². The monoisotopic (exact) mass is 441 g/mol. The van der Waals surface area contributed by atoms with Crippen LogP contribution in [0.1, 0.15) is 32.4 Å². The maximum absolute atomic E-state index is 14.6. The molecule has 2 heterocycles. The molecule has 0 N–H and O–H groups in total.